The summed E-state index contributed by atoms with van der Waals surface area (Å²) in [7, 11) is 0. The summed E-state index contributed by atoms with van der Waals surface area (Å²) in [6.07, 6.45) is 1.40. The van der Waals surface area contributed by atoms with Gasteiger partial charge in [-0.3, -0.25) is 5.41 Å². The Hall–Kier alpha value is -4.39. The van der Waals surface area contributed by atoms with Gasteiger partial charge >= 0.3 is 5.97 Å². The zero-order valence-electron chi connectivity index (χ0n) is 20.7. The average Bonchev–Trinajstić information content (AvgIpc) is 3.53. The van der Waals surface area contributed by atoms with E-state index in [1.807, 2.05) is 89.8 Å². The van der Waals surface area contributed by atoms with Crippen LogP contribution in [0.1, 0.15) is 37.3 Å². The Morgan fingerprint density at radius 3 is 2.49 bits per heavy atom. The molecule has 7 heteroatoms. The Morgan fingerprint density at radius 1 is 1.03 bits per heavy atom. The number of hydrogen-bond acceptors (Lipinski definition) is 6. The third-order valence-electron chi connectivity index (χ3n) is 6.30. The summed E-state index contributed by atoms with van der Waals surface area (Å²) in [5.74, 6) is 2.07. The van der Waals surface area contributed by atoms with E-state index in [1.165, 1.54) is 0 Å². The predicted octanol–water partition coefficient (Wildman–Crippen LogP) is 6.26. The fourth-order valence-corrected chi connectivity index (χ4v) is 4.55. The van der Waals surface area contributed by atoms with Gasteiger partial charge in [-0.15, -0.1) is 0 Å². The molecule has 0 spiro atoms. The van der Waals surface area contributed by atoms with Crippen molar-refractivity contribution in [2.45, 2.75) is 32.4 Å². The highest BCUT2D eigenvalue weighted by atomic mass is 16.6. The molecule has 7 nitrogen and oxygen atoms in total. The molecule has 0 radical (unpaired) electrons. The van der Waals surface area contributed by atoms with Crippen molar-refractivity contribution < 1.29 is 18.7 Å². The van der Waals surface area contributed by atoms with E-state index in [4.69, 9.17) is 24.3 Å². The molecular formula is C30H29N3O4. The SMILES string of the molecule is CCOC(=O)COc1cccc(CN2C(=N)CCC2c2nc(-c3ccccc3)c(-c3ccccc3)o2)c1. The van der Waals surface area contributed by atoms with Gasteiger partial charge in [0, 0.05) is 24.1 Å². The molecule has 188 valence electrons. The number of ether oxygens (including phenoxy) is 2. The van der Waals surface area contributed by atoms with E-state index in [1.54, 1.807) is 6.92 Å². The lowest BCUT2D eigenvalue weighted by atomic mass is 10.1. The van der Waals surface area contributed by atoms with Crippen molar-refractivity contribution in [1.29, 1.82) is 5.41 Å². The van der Waals surface area contributed by atoms with Gasteiger partial charge < -0.3 is 18.8 Å². The highest BCUT2D eigenvalue weighted by Crippen LogP contribution is 2.40. The Kier molecular flexibility index (Phi) is 7.31. The normalized spacial score (nSPS) is 15.1. The second kappa shape index (κ2) is 11.1. The molecule has 1 unspecified atom stereocenters. The van der Waals surface area contributed by atoms with Gasteiger partial charge in [0.05, 0.1) is 12.4 Å². The molecule has 1 fully saturated rings. The molecule has 37 heavy (non-hydrogen) atoms. The topological polar surface area (TPSA) is 88.7 Å². The van der Waals surface area contributed by atoms with Gasteiger partial charge in [0.15, 0.2) is 12.4 Å². The van der Waals surface area contributed by atoms with Crippen molar-refractivity contribution in [1.82, 2.24) is 9.88 Å². The summed E-state index contributed by atoms with van der Waals surface area (Å²) in [5, 5.41) is 8.62. The van der Waals surface area contributed by atoms with Crippen LogP contribution in [0, 0.1) is 5.41 Å². The lowest BCUT2D eigenvalue weighted by Gasteiger charge is -2.24. The molecule has 0 amide bonds. The van der Waals surface area contributed by atoms with Crippen molar-refractivity contribution in [2.24, 2.45) is 0 Å². The molecule has 5 rings (SSSR count). The van der Waals surface area contributed by atoms with Crippen LogP contribution >= 0.6 is 0 Å². The maximum Gasteiger partial charge on any atom is 0.344 e. The Balaban J connectivity index is 1.41. The van der Waals surface area contributed by atoms with Gasteiger partial charge in [0.25, 0.3) is 0 Å². The highest BCUT2D eigenvalue weighted by Gasteiger charge is 2.34. The number of likely N-dealkylation sites (tertiary alicyclic amines) is 1. The molecule has 1 aromatic heterocycles. The summed E-state index contributed by atoms with van der Waals surface area (Å²) >= 11 is 0. The molecule has 1 saturated heterocycles. The summed E-state index contributed by atoms with van der Waals surface area (Å²) in [6, 6.07) is 27.4. The van der Waals surface area contributed by atoms with Gasteiger partial charge in [-0.1, -0.05) is 72.8 Å². The number of esters is 1. The molecule has 0 bridgehead atoms. The lowest BCUT2D eigenvalue weighted by molar-refractivity contribution is -0.145. The van der Waals surface area contributed by atoms with Crippen molar-refractivity contribution in [3.05, 3.63) is 96.4 Å². The number of benzene rings is 3. The zero-order valence-corrected chi connectivity index (χ0v) is 20.7. The van der Waals surface area contributed by atoms with Crippen LogP contribution in [0.5, 0.6) is 5.75 Å². The number of amidine groups is 1. The first-order valence-corrected chi connectivity index (χ1v) is 12.5. The number of oxazole rings is 1. The van der Waals surface area contributed by atoms with Crippen LogP contribution in [0.25, 0.3) is 22.6 Å². The summed E-state index contributed by atoms with van der Waals surface area (Å²) in [4.78, 5) is 18.7. The van der Waals surface area contributed by atoms with Crippen LogP contribution in [0.2, 0.25) is 0 Å². The first-order chi connectivity index (χ1) is 18.1. The van der Waals surface area contributed by atoms with E-state index in [9.17, 15) is 4.79 Å². The number of rotatable bonds is 9. The Bertz CT molecular complexity index is 1310. The Labute approximate surface area is 216 Å². The molecule has 1 atom stereocenters. The summed E-state index contributed by atoms with van der Waals surface area (Å²) in [6.45, 7) is 2.45. The van der Waals surface area contributed by atoms with Crippen LogP contribution in [0.15, 0.2) is 89.3 Å². The van der Waals surface area contributed by atoms with Crippen LogP contribution in [0.4, 0.5) is 0 Å². The van der Waals surface area contributed by atoms with Crippen molar-refractivity contribution in [2.75, 3.05) is 13.2 Å². The number of nitrogens with zero attached hydrogens (tertiary/aromatic N) is 2. The molecule has 0 saturated carbocycles. The fraction of sp³-hybridized carbons (Fsp3) is 0.233. The first-order valence-electron chi connectivity index (χ1n) is 12.5. The second-order valence-electron chi connectivity index (χ2n) is 8.83. The van der Waals surface area contributed by atoms with Crippen LogP contribution in [-0.2, 0) is 16.1 Å². The smallest absolute Gasteiger partial charge is 0.344 e. The van der Waals surface area contributed by atoms with E-state index in [-0.39, 0.29) is 12.6 Å². The van der Waals surface area contributed by atoms with Crippen molar-refractivity contribution in [3.8, 4) is 28.3 Å². The maximum atomic E-state index is 11.7. The minimum atomic E-state index is -0.401. The van der Waals surface area contributed by atoms with Gasteiger partial charge in [0.2, 0.25) is 5.89 Å². The summed E-state index contributed by atoms with van der Waals surface area (Å²) < 4.78 is 17.0. The van der Waals surface area contributed by atoms with Crippen LogP contribution < -0.4 is 4.74 Å². The molecule has 2 heterocycles. The van der Waals surface area contributed by atoms with E-state index in [0.29, 0.717) is 37.0 Å². The monoisotopic (exact) mass is 495 g/mol. The van der Waals surface area contributed by atoms with E-state index < -0.39 is 5.97 Å². The van der Waals surface area contributed by atoms with Crippen LogP contribution in [0.3, 0.4) is 0 Å². The molecule has 1 aliphatic rings. The predicted molar refractivity (Wildman–Crippen MR) is 141 cm³/mol. The minimum Gasteiger partial charge on any atom is -0.482 e. The van der Waals surface area contributed by atoms with Crippen molar-refractivity contribution >= 4 is 11.8 Å². The largest absolute Gasteiger partial charge is 0.482 e. The quantitative estimate of drug-likeness (QED) is 0.276. The Morgan fingerprint density at radius 2 is 1.76 bits per heavy atom. The van der Waals surface area contributed by atoms with E-state index >= 15 is 0 Å². The number of carbonyl (C=O) groups is 1. The molecule has 4 aromatic rings. The third kappa shape index (κ3) is 5.56. The maximum absolute atomic E-state index is 11.7. The number of nitrogens with one attached hydrogen (secondary N) is 1. The average molecular weight is 496 g/mol. The van der Waals surface area contributed by atoms with Gasteiger partial charge in [-0.25, -0.2) is 9.78 Å². The first kappa shape index (κ1) is 24.3. The third-order valence-corrected chi connectivity index (χ3v) is 6.30. The van der Waals surface area contributed by atoms with Gasteiger partial charge in [-0.2, -0.15) is 0 Å². The zero-order chi connectivity index (χ0) is 25.6. The van der Waals surface area contributed by atoms with Gasteiger partial charge in [0.1, 0.15) is 17.5 Å². The minimum absolute atomic E-state index is 0.139. The molecule has 3 aromatic carbocycles. The summed E-state index contributed by atoms with van der Waals surface area (Å²) in [5.41, 5.74) is 3.72. The van der Waals surface area contributed by atoms with Crippen molar-refractivity contribution in [3.63, 3.8) is 0 Å². The van der Waals surface area contributed by atoms with E-state index in [2.05, 4.69) is 0 Å². The standard InChI is InChI=1S/C30H29N3O4/c1-2-35-27(34)20-36-24-15-9-10-21(18-24)19-33-25(16-17-26(33)31)30-32-28(22-11-5-3-6-12-22)29(37-30)23-13-7-4-8-14-23/h3-15,18,25,31H,2,16-17,19-20H2,1H3. The highest BCUT2D eigenvalue weighted by molar-refractivity contribution is 5.82. The molecule has 1 aliphatic heterocycles. The van der Waals surface area contributed by atoms with E-state index in [0.717, 1.165) is 34.6 Å². The van der Waals surface area contributed by atoms with Crippen LogP contribution in [-0.4, -0.2) is 34.9 Å². The number of carbonyl (C=O) groups excluding carboxylic acids is 1. The number of hydrogen-bond donors (Lipinski definition) is 1. The van der Waals surface area contributed by atoms with Gasteiger partial charge in [-0.05, 0) is 31.0 Å². The second-order valence-corrected chi connectivity index (χ2v) is 8.83. The molecular weight excluding hydrogens is 466 g/mol. The fourth-order valence-electron chi connectivity index (χ4n) is 4.55. The number of aromatic nitrogens is 1. The lowest BCUT2D eigenvalue weighted by Crippen LogP contribution is -2.27. The molecule has 1 N–H and O–H groups in total. The molecule has 0 aliphatic carbocycles.